The van der Waals surface area contributed by atoms with Crippen LogP contribution in [-0.4, -0.2) is 17.1 Å². The van der Waals surface area contributed by atoms with Crippen LogP contribution >= 0.6 is 11.6 Å². The second kappa shape index (κ2) is 5.06. The number of carbonyl (C=O) groups excluding carboxylic acids is 1. The fraction of sp³-hybridized carbons (Fsp3) is 0.133. The Morgan fingerprint density at radius 1 is 1.30 bits per heavy atom. The molecule has 1 atom stereocenters. The van der Waals surface area contributed by atoms with Gasteiger partial charge in [0.25, 0.3) is 0 Å². The third-order valence-electron chi connectivity index (χ3n) is 3.30. The molecule has 3 rings (SSSR count). The highest BCUT2D eigenvalue weighted by Crippen LogP contribution is 2.28. The SMILES string of the molecule is O=C(Nc1ccc(O)c(Cl)c1)C1Cc2ccccc2N1. The van der Waals surface area contributed by atoms with Crippen molar-refractivity contribution in [3.05, 3.63) is 53.1 Å². The Morgan fingerprint density at radius 2 is 2.10 bits per heavy atom. The first-order valence-corrected chi connectivity index (χ1v) is 6.65. The van der Waals surface area contributed by atoms with Gasteiger partial charge in [-0.05, 0) is 29.8 Å². The molecular weight excluding hydrogens is 276 g/mol. The van der Waals surface area contributed by atoms with Crippen molar-refractivity contribution >= 4 is 28.9 Å². The lowest BCUT2D eigenvalue weighted by Crippen LogP contribution is -2.32. The zero-order valence-electron chi connectivity index (χ0n) is 10.6. The Labute approximate surface area is 121 Å². The molecule has 1 unspecified atom stereocenters. The van der Waals surface area contributed by atoms with Crippen molar-refractivity contribution in [3.8, 4) is 5.75 Å². The van der Waals surface area contributed by atoms with Crippen LogP contribution in [0.4, 0.5) is 11.4 Å². The van der Waals surface area contributed by atoms with Crippen molar-refractivity contribution in [2.24, 2.45) is 0 Å². The molecule has 0 aromatic heterocycles. The van der Waals surface area contributed by atoms with E-state index >= 15 is 0 Å². The van der Waals surface area contributed by atoms with Crippen molar-refractivity contribution in [1.29, 1.82) is 0 Å². The molecule has 0 fully saturated rings. The Kier molecular flexibility index (Phi) is 3.24. The number of nitrogens with one attached hydrogen (secondary N) is 2. The van der Waals surface area contributed by atoms with Crippen molar-refractivity contribution in [1.82, 2.24) is 0 Å². The van der Waals surface area contributed by atoms with E-state index in [9.17, 15) is 9.90 Å². The zero-order chi connectivity index (χ0) is 14.1. The number of para-hydroxylation sites is 1. The summed E-state index contributed by atoms with van der Waals surface area (Å²) in [5, 5.41) is 15.5. The summed E-state index contributed by atoms with van der Waals surface area (Å²) in [6, 6.07) is 12.2. The van der Waals surface area contributed by atoms with Crippen molar-refractivity contribution in [3.63, 3.8) is 0 Å². The smallest absolute Gasteiger partial charge is 0.247 e. The van der Waals surface area contributed by atoms with E-state index in [1.54, 1.807) is 6.07 Å². The monoisotopic (exact) mass is 288 g/mol. The average Bonchev–Trinajstić information content (AvgIpc) is 2.87. The zero-order valence-corrected chi connectivity index (χ0v) is 11.3. The summed E-state index contributed by atoms with van der Waals surface area (Å²) in [6.45, 7) is 0. The number of rotatable bonds is 2. The van der Waals surface area contributed by atoms with Gasteiger partial charge in [0.1, 0.15) is 11.8 Å². The molecule has 2 aromatic carbocycles. The first-order chi connectivity index (χ1) is 9.63. The van der Waals surface area contributed by atoms with Crippen molar-refractivity contribution in [2.45, 2.75) is 12.5 Å². The van der Waals surface area contributed by atoms with Gasteiger partial charge in [-0.1, -0.05) is 29.8 Å². The lowest BCUT2D eigenvalue weighted by atomic mass is 10.1. The molecule has 102 valence electrons. The second-order valence-electron chi connectivity index (χ2n) is 4.71. The lowest BCUT2D eigenvalue weighted by molar-refractivity contribution is -0.116. The number of carbonyl (C=O) groups is 1. The molecule has 1 aliphatic heterocycles. The molecular formula is C15H13ClN2O2. The molecule has 0 radical (unpaired) electrons. The third kappa shape index (κ3) is 2.42. The van der Waals surface area contributed by atoms with E-state index < -0.39 is 0 Å². The van der Waals surface area contributed by atoms with Gasteiger partial charge in [0.2, 0.25) is 5.91 Å². The third-order valence-corrected chi connectivity index (χ3v) is 3.61. The van der Waals surface area contributed by atoms with Crippen LogP contribution < -0.4 is 10.6 Å². The van der Waals surface area contributed by atoms with E-state index in [0.29, 0.717) is 12.1 Å². The van der Waals surface area contributed by atoms with Gasteiger partial charge < -0.3 is 15.7 Å². The minimum Gasteiger partial charge on any atom is -0.506 e. The van der Waals surface area contributed by atoms with Gasteiger partial charge in [0.05, 0.1) is 5.02 Å². The number of benzene rings is 2. The van der Waals surface area contributed by atoms with Crippen LogP contribution in [0.1, 0.15) is 5.56 Å². The van der Waals surface area contributed by atoms with Crippen LogP contribution in [0.5, 0.6) is 5.75 Å². The summed E-state index contributed by atoms with van der Waals surface area (Å²) >= 11 is 5.81. The van der Waals surface area contributed by atoms with Crippen molar-refractivity contribution in [2.75, 3.05) is 10.6 Å². The maximum Gasteiger partial charge on any atom is 0.247 e. The van der Waals surface area contributed by atoms with E-state index in [2.05, 4.69) is 10.6 Å². The quantitative estimate of drug-likeness (QED) is 0.745. The maximum atomic E-state index is 12.2. The number of hydrogen-bond acceptors (Lipinski definition) is 3. The molecule has 0 spiro atoms. The predicted octanol–water partition coefficient (Wildman–Crippen LogP) is 3.02. The molecule has 0 saturated heterocycles. The second-order valence-corrected chi connectivity index (χ2v) is 5.12. The van der Waals surface area contributed by atoms with E-state index in [-0.39, 0.29) is 22.7 Å². The number of phenolic OH excluding ortho intramolecular Hbond substituents is 1. The van der Waals surface area contributed by atoms with Gasteiger partial charge in [0.15, 0.2) is 0 Å². The standard InChI is InChI=1S/C15H13ClN2O2/c16-11-8-10(5-6-14(11)19)17-15(20)13-7-9-3-1-2-4-12(9)18-13/h1-6,8,13,18-19H,7H2,(H,17,20). The predicted molar refractivity (Wildman–Crippen MR) is 79.3 cm³/mol. The van der Waals surface area contributed by atoms with E-state index in [1.807, 2.05) is 24.3 Å². The molecule has 1 amide bonds. The molecule has 0 aliphatic carbocycles. The number of fused-ring (bicyclic) bond motifs is 1. The summed E-state index contributed by atoms with van der Waals surface area (Å²) in [6.07, 6.45) is 0.661. The first kappa shape index (κ1) is 12.8. The molecule has 5 heteroatoms. The highest BCUT2D eigenvalue weighted by atomic mass is 35.5. The van der Waals surface area contributed by atoms with Crippen LogP contribution in [0.2, 0.25) is 5.02 Å². The fourth-order valence-electron chi connectivity index (χ4n) is 2.27. The van der Waals surface area contributed by atoms with E-state index in [1.165, 1.54) is 12.1 Å². The van der Waals surface area contributed by atoms with Gasteiger partial charge in [-0.3, -0.25) is 4.79 Å². The number of aromatic hydroxyl groups is 1. The lowest BCUT2D eigenvalue weighted by Gasteiger charge is -2.12. The molecule has 1 heterocycles. The molecule has 20 heavy (non-hydrogen) atoms. The van der Waals surface area contributed by atoms with Gasteiger partial charge in [0, 0.05) is 17.8 Å². The Balaban J connectivity index is 1.71. The van der Waals surface area contributed by atoms with Gasteiger partial charge in [-0.2, -0.15) is 0 Å². The molecule has 2 aromatic rings. The van der Waals surface area contributed by atoms with Crippen molar-refractivity contribution < 1.29 is 9.90 Å². The summed E-state index contributed by atoms with van der Waals surface area (Å²) in [5.74, 6) is -0.126. The van der Waals surface area contributed by atoms with Gasteiger partial charge in [-0.25, -0.2) is 0 Å². The highest BCUT2D eigenvalue weighted by Gasteiger charge is 2.26. The Hall–Kier alpha value is -2.20. The first-order valence-electron chi connectivity index (χ1n) is 6.27. The Bertz CT molecular complexity index is 648. The normalized spacial score (nSPS) is 16.4. The van der Waals surface area contributed by atoms with E-state index in [4.69, 9.17) is 11.6 Å². The Morgan fingerprint density at radius 3 is 2.85 bits per heavy atom. The van der Waals surface area contributed by atoms with Gasteiger partial charge in [-0.15, -0.1) is 0 Å². The summed E-state index contributed by atoms with van der Waals surface area (Å²) in [5.41, 5.74) is 2.70. The summed E-state index contributed by atoms with van der Waals surface area (Å²) < 4.78 is 0. The highest BCUT2D eigenvalue weighted by molar-refractivity contribution is 6.32. The molecule has 4 nitrogen and oxygen atoms in total. The van der Waals surface area contributed by atoms with Crippen LogP contribution in [0, 0.1) is 0 Å². The topological polar surface area (TPSA) is 61.4 Å². The fourth-order valence-corrected chi connectivity index (χ4v) is 2.45. The minimum absolute atomic E-state index is 0.00365. The summed E-state index contributed by atoms with van der Waals surface area (Å²) in [4.78, 5) is 12.2. The van der Waals surface area contributed by atoms with Crippen LogP contribution in [-0.2, 0) is 11.2 Å². The number of phenols is 1. The average molecular weight is 289 g/mol. The largest absolute Gasteiger partial charge is 0.506 e. The maximum absolute atomic E-state index is 12.2. The number of anilines is 2. The molecule has 3 N–H and O–H groups in total. The summed E-state index contributed by atoms with van der Waals surface area (Å²) in [7, 11) is 0. The van der Waals surface area contributed by atoms with Gasteiger partial charge >= 0.3 is 0 Å². The number of amides is 1. The number of hydrogen-bond donors (Lipinski definition) is 3. The minimum atomic E-state index is -0.292. The van der Waals surface area contributed by atoms with Crippen LogP contribution in [0.3, 0.4) is 0 Å². The van der Waals surface area contributed by atoms with E-state index in [0.717, 1.165) is 11.3 Å². The molecule has 1 aliphatic rings. The molecule has 0 saturated carbocycles. The number of halogens is 1. The molecule has 0 bridgehead atoms. The van der Waals surface area contributed by atoms with Crippen LogP contribution in [0.25, 0.3) is 0 Å². The van der Waals surface area contributed by atoms with Crippen LogP contribution in [0.15, 0.2) is 42.5 Å².